The van der Waals surface area contributed by atoms with E-state index in [2.05, 4.69) is 5.32 Å². The van der Waals surface area contributed by atoms with Gasteiger partial charge in [-0.05, 0) is 61.2 Å². The molecule has 5 rings (SSSR count). The van der Waals surface area contributed by atoms with Crippen LogP contribution in [-0.2, 0) is 32.6 Å². The van der Waals surface area contributed by atoms with Crippen molar-refractivity contribution in [1.29, 1.82) is 0 Å². The lowest BCUT2D eigenvalue weighted by atomic mass is 9.94. The lowest BCUT2D eigenvalue weighted by Gasteiger charge is -2.35. The zero-order valence-corrected chi connectivity index (χ0v) is 28.6. The van der Waals surface area contributed by atoms with Gasteiger partial charge in [0.05, 0.1) is 15.6 Å². The first kappa shape index (κ1) is 34.5. The number of hydrogen-bond acceptors (Lipinski definition) is 4. The van der Waals surface area contributed by atoms with Crippen molar-refractivity contribution < 1.29 is 18.0 Å². The first-order valence-corrected chi connectivity index (χ1v) is 18.0. The van der Waals surface area contributed by atoms with E-state index in [1.54, 1.807) is 18.2 Å². The number of nitrogens with zero attached hydrogens (tertiary/aromatic N) is 2. The Kier molecular flexibility index (Phi) is 11.6. The van der Waals surface area contributed by atoms with Crippen LogP contribution >= 0.6 is 23.2 Å². The third kappa shape index (κ3) is 8.95. The van der Waals surface area contributed by atoms with Crippen LogP contribution in [-0.4, -0.2) is 43.8 Å². The van der Waals surface area contributed by atoms with Gasteiger partial charge in [0.2, 0.25) is 11.8 Å². The summed E-state index contributed by atoms with van der Waals surface area (Å²) in [4.78, 5) is 30.4. The van der Waals surface area contributed by atoms with Crippen molar-refractivity contribution in [3.8, 4) is 0 Å². The van der Waals surface area contributed by atoms with Crippen LogP contribution in [0, 0.1) is 6.92 Å². The zero-order chi connectivity index (χ0) is 33.4. The summed E-state index contributed by atoms with van der Waals surface area (Å²) < 4.78 is 29.3. The van der Waals surface area contributed by atoms with Gasteiger partial charge in [0.15, 0.2) is 0 Å². The molecule has 0 bridgehead atoms. The normalized spacial score (nSPS) is 14.3. The molecule has 2 amide bonds. The highest BCUT2D eigenvalue weighted by atomic mass is 35.5. The van der Waals surface area contributed by atoms with E-state index in [-0.39, 0.29) is 40.5 Å². The molecule has 1 saturated carbocycles. The molecule has 0 radical (unpaired) electrons. The van der Waals surface area contributed by atoms with Crippen LogP contribution in [0.5, 0.6) is 0 Å². The first-order chi connectivity index (χ1) is 22.6. The van der Waals surface area contributed by atoms with Crippen molar-refractivity contribution in [1.82, 2.24) is 10.2 Å². The summed E-state index contributed by atoms with van der Waals surface area (Å²) in [5, 5.41) is 3.62. The molecule has 4 aromatic carbocycles. The van der Waals surface area contributed by atoms with Crippen LogP contribution in [0.15, 0.2) is 108 Å². The van der Waals surface area contributed by atoms with E-state index in [0.29, 0.717) is 5.02 Å². The topological polar surface area (TPSA) is 86.8 Å². The van der Waals surface area contributed by atoms with Crippen molar-refractivity contribution in [2.75, 3.05) is 10.8 Å². The van der Waals surface area contributed by atoms with E-state index in [4.69, 9.17) is 23.2 Å². The maximum Gasteiger partial charge on any atom is 0.264 e. The number of carbonyl (C=O) groups excluding carboxylic acids is 2. The molecule has 1 aliphatic carbocycles. The largest absolute Gasteiger partial charge is 0.352 e. The number of sulfonamides is 1. The monoisotopic (exact) mass is 691 g/mol. The molecule has 0 aliphatic heterocycles. The Bertz CT molecular complexity index is 1760. The molecule has 7 nitrogen and oxygen atoms in total. The third-order valence-electron chi connectivity index (χ3n) is 8.48. The standard InChI is InChI=1S/C37H39Cl2N3O4S/c1-27-17-19-29(20-18-27)25-41(35(23-28-11-5-2-6-12-28)37(44)40-31-13-7-3-8-14-31)36(43)26-42(34-22-21-30(38)24-33(34)39)47(45,46)32-15-9-4-10-16-32/h2,4-6,9-12,15-22,24,31,35H,3,7-8,13-14,23,25-26H2,1H3,(H,40,44). The van der Waals surface area contributed by atoms with Crippen LogP contribution in [0.2, 0.25) is 10.0 Å². The summed E-state index contributed by atoms with van der Waals surface area (Å²) in [6.45, 7) is 1.49. The predicted molar refractivity (Wildman–Crippen MR) is 188 cm³/mol. The average molecular weight is 693 g/mol. The van der Waals surface area contributed by atoms with Crippen molar-refractivity contribution in [2.45, 2.75) is 69.0 Å². The molecule has 1 unspecified atom stereocenters. The van der Waals surface area contributed by atoms with Gasteiger partial charge in [-0.15, -0.1) is 0 Å². The summed E-state index contributed by atoms with van der Waals surface area (Å²) in [6.07, 6.45) is 5.23. The molecule has 0 saturated heterocycles. The van der Waals surface area contributed by atoms with Crippen molar-refractivity contribution >= 4 is 50.7 Å². The molecular formula is C37H39Cl2N3O4S. The fraction of sp³-hybridized carbons (Fsp3) is 0.297. The fourth-order valence-electron chi connectivity index (χ4n) is 5.90. The molecule has 246 valence electrons. The molecule has 0 aromatic heterocycles. The number of rotatable bonds is 12. The Balaban J connectivity index is 1.57. The number of aryl methyl sites for hydroxylation is 1. The van der Waals surface area contributed by atoms with Crippen LogP contribution < -0.4 is 9.62 Å². The highest BCUT2D eigenvalue weighted by molar-refractivity contribution is 7.92. The second-order valence-corrected chi connectivity index (χ2v) is 14.7. The van der Waals surface area contributed by atoms with Gasteiger partial charge in [-0.3, -0.25) is 13.9 Å². The minimum atomic E-state index is -4.27. The van der Waals surface area contributed by atoms with E-state index >= 15 is 0 Å². The van der Waals surface area contributed by atoms with Crippen LogP contribution in [0.4, 0.5) is 5.69 Å². The molecule has 1 atom stereocenters. The van der Waals surface area contributed by atoms with Crippen molar-refractivity contribution in [3.05, 3.63) is 130 Å². The van der Waals surface area contributed by atoms with Crippen molar-refractivity contribution in [2.24, 2.45) is 0 Å². The average Bonchev–Trinajstić information content (AvgIpc) is 3.07. The van der Waals surface area contributed by atoms with Gasteiger partial charge in [-0.1, -0.05) is 121 Å². The smallest absolute Gasteiger partial charge is 0.264 e. The lowest BCUT2D eigenvalue weighted by Crippen LogP contribution is -2.55. The summed E-state index contributed by atoms with van der Waals surface area (Å²) in [5.41, 5.74) is 2.86. The predicted octanol–water partition coefficient (Wildman–Crippen LogP) is 7.59. The molecule has 10 heteroatoms. The van der Waals surface area contributed by atoms with E-state index in [1.165, 1.54) is 35.2 Å². The number of nitrogens with one attached hydrogen (secondary N) is 1. The maximum absolute atomic E-state index is 14.7. The van der Waals surface area contributed by atoms with E-state index in [9.17, 15) is 18.0 Å². The number of benzene rings is 4. The quantitative estimate of drug-likeness (QED) is 0.166. The van der Waals surface area contributed by atoms with Crippen LogP contribution in [0.3, 0.4) is 0 Å². The second-order valence-electron chi connectivity index (χ2n) is 12.0. The minimum Gasteiger partial charge on any atom is -0.352 e. The zero-order valence-electron chi connectivity index (χ0n) is 26.3. The van der Waals surface area contributed by atoms with Gasteiger partial charge >= 0.3 is 0 Å². The van der Waals surface area contributed by atoms with Gasteiger partial charge in [0.25, 0.3) is 10.0 Å². The minimum absolute atomic E-state index is 0.000205. The SMILES string of the molecule is Cc1ccc(CN(C(=O)CN(c2ccc(Cl)cc2Cl)S(=O)(=O)c2ccccc2)C(Cc2ccccc2)C(=O)NC2CCCCC2)cc1. The molecule has 0 spiro atoms. The summed E-state index contributed by atoms with van der Waals surface area (Å²) in [6, 6.07) is 28.7. The number of amides is 2. The third-order valence-corrected chi connectivity index (χ3v) is 10.8. The summed E-state index contributed by atoms with van der Waals surface area (Å²) in [7, 11) is -4.27. The molecule has 1 aliphatic rings. The number of halogens is 2. The Morgan fingerprint density at radius 1 is 0.830 bits per heavy atom. The summed E-state index contributed by atoms with van der Waals surface area (Å²) >= 11 is 12.7. The molecule has 1 fully saturated rings. The Morgan fingerprint density at radius 3 is 2.11 bits per heavy atom. The fourth-order valence-corrected chi connectivity index (χ4v) is 7.92. The van der Waals surface area contributed by atoms with Gasteiger partial charge in [0.1, 0.15) is 12.6 Å². The van der Waals surface area contributed by atoms with Crippen LogP contribution in [0.1, 0.15) is 48.8 Å². The lowest BCUT2D eigenvalue weighted by molar-refractivity contribution is -0.140. The molecular weight excluding hydrogens is 653 g/mol. The number of carbonyl (C=O) groups is 2. The van der Waals surface area contributed by atoms with Crippen molar-refractivity contribution in [3.63, 3.8) is 0 Å². The highest BCUT2D eigenvalue weighted by Crippen LogP contribution is 2.33. The highest BCUT2D eigenvalue weighted by Gasteiger charge is 2.36. The molecule has 4 aromatic rings. The number of anilines is 1. The molecule has 1 N–H and O–H groups in total. The molecule has 0 heterocycles. The Hall–Kier alpha value is -3.85. The van der Waals surface area contributed by atoms with Crippen LogP contribution in [0.25, 0.3) is 0 Å². The Morgan fingerprint density at radius 2 is 1.47 bits per heavy atom. The van der Waals surface area contributed by atoms with E-state index in [0.717, 1.165) is 53.1 Å². The maximum atomic E-state index is 14.7. The second kappa shape index (κ2) is 15.8. The van der Waals surface area contributed by atoms with Gasteiger partial charge in [-0.2, -0.15) is 0 Å². The Labute approximate surface area is 287 Å². The first-order valence-electron chi connectivity index (χ1n) is 15.8. The number of hydrogen-bond donors (Lipinski definition) is 1. The summed E-state index contributed by atoms with van der Waals surface area (Å²) in [5.74, 6) is -0.806. The van der Waals surface area contributed by atoms with Gasteiger partial charge in [-0.25, -0.2) is 8.42 Å². The molecule has 47 heavy (non-hydrogen) atoms. The van der Waals surface area contributed by atoms with Gasteiger partial charge < -0.3 is 10.2 Å². The van der Waals surface area contributed by atoms with E-state index < -0.39 is 28.5 Å². The van der Waals surface area contributed by atoms with E-state index in [1.807, 2.05) is 61.5 Å². The van der Waals surface area contributed by atoms with Gasteiger partial charge in [0, 0.05) is 24.0 Å².